The van der Waals surface area contributed by atoms with Crippen LogP contribution < -0.4 is 0 Å². The molecule has 0 aromatic heterocycles. The van der Waals surface area contributed by atoms with E-state index in [0.717, 1.165) is 17.4 Å². The fraction of sp³-hybridized carbons (Fsp3) is 0.188. The van der Waals surface area contributed by atoms with Crippen molar-refractivity contribution in [3.8, 4) is 11.1 Å². The van der Waals surface area contributed by atoms with E-state index in [1.165, 1.54) is 6.92 Å². The van der Waals surface area contributed by atoms with Crippen molar-refractivity contribution in [3.63, 3.8) is 0 Å². The average Bonchev–Trinajstić information content (AvgIpc) is 2.46. The van der Waals surface area contributed by atoms with Crippen molar-refractivity contribution < 1.29 is 17.4 Å². The fourth-order valence-electron chi connectivity index (χ4n) is 2.00. The number of hydrogen-bond donors (Lipinski definition) is 0. The molecule has 1 atom stereocenters. The van der Waals surface area contributed by atoms with Gasteiger partial charge in [0.15, 0.2) is 5.78 Å². The van der Waals surface area contributed by atoms with Crippen LogP contribution in [0.2, 0.25) is 0 Å². The summed E-state index contributed by atoms with van der Waals surface area (Å²) >= 11 is 0. The molecule has 0 saturated heterocycles. The molecule has 0 amide bonds. The zero-order valence-corrected chi connectivity index (χ0v) is 12.6. The Kier molecular flexibility index (Phi) is 4.55. The quantitative estimate of drug-likeness (QED) is 0.629. The van der Waals surface area contributed by atoms with Gasteiger partial charge in [-0.05, 0) is 18.1 Å². The number of rotatable bonds is 5. The predicted molar refractivity (Wildman–Crippen MR) is 81.6 cm³/mol. The summed E-state index contributed by atoms with van der Waals surface area (Å²) in [6.45, 7) is 1.43. The second kappa shape index (κ2) is 6.20. The molecular weight excluding hydrogens is 288 g/mol. The molecule has 2 rings (SSSR count). The lowest BCUT2D eigenvalue weighted by Gasteiger charge is -2.10. The maximum Gasteiger partial charge on any atom is 0.265 e. The molecule has 2 aromatic rings. The SMILES string of the molecule is CC(OS(C)(=O)=O)C(=O)c1ccc(-c2ccccc2)cc1. The van der Waals surface area contributed by atoms with E-state index in [4.69, 9.17) is 4.18 Å². The van der Waals surface area contributed by atoms with Crippen LogP contribution >= 0.6 is 0 Å². The van der Waals surface area contributed by atoms with Gasteiger partial charge in [0, 0.05) is 5.56 Å². The van der Waals surface area contributed by atoms with Crippen molar-refractivity contribution >= 4 is 15.9 Å². The second-order valence-corrected chi connectivity index (χ2v) is 6.35. The molecular formula is C16H16O4S. The van der Waals surface area contributed by atoms with E-state index in [9.17, 15) is 13.2 Å². The third-order valence-electron chi connectivity index (χ3n) is 2.96. The van der Waals surface area contributed by atoms with Crippen LogP contribution in [0.15, 0.2) is 54.6 Å². The van der Waals surface area contributed by atoms with Crippen LogP contribution in [-0.2, 0) is 14.3 Å². The topological polar surface area (TPSA) is 60.4 Å². The van der Waals surface area contributed by atoms with Gasteiger partial charge in [-0.2, -0.15) is 8.42 Å². The minimum Gasteiger partial charge on any atom is -0.291 e. The number of carbonyl (C=O) groups excluding carboxylic acids is 1. The van der Waals surface area contributed by atoms with Crippen molar-refractivity contribution in [3.05, 3.63) is 60.2 Å². The highest BCUT2D eigenvalue weighted by atomic mass is 32.2. The molecule has 4 nitrogen and oxygen atoms in total. The van der Waals surface area contributed by atoms with E-state index in [2.05, 4.69) is 0 Å². The van der Waals surface area contributed by atoms with Gasteiger partial charge in [-0.15, -0.1) is 0 Å². The summed E-state index contributed by atoms with van der Waals surface area (Å²) in [6.07, 6.45) is -0.0995. The monoisotopic (exact) mass is 304 g/mol. The zero-order chi connectivity index (χ0) is 15.5. The first-order valence-electron chi connectivity index (χ1n) is 6.45. The Morgan fingerprint density at radius 1 is 0.952 bits per heavy atom. The Labute approximate surface area is 124 Å². The molecule has 0 aliphatic carbocycles. The summed E-state index contributed by atoms with van der Waals surface area (Å²) in [5.41, 5.74) is 2.46. The van der Waals surface area contributed by atoms with Crippen LogP contribution in [0.3, 0.4) is 0 Å². The minimum atomic E-state index is -3.65. The molecule has 0 radical (unpaired) electrons. The van der Waals surface area contributed by atoms with E-state index in [1.807, 2.05) is 42.5 Å². The Morgan fingerprint density at radius 2 is 1.48 bits per heavy atom. The molecule has 1 unspecified atom stereocenters. The van der Waals surface area contributed by atoms with E-state index in [0.29, 0.717) is 5.56 Å². The van der Waals surface area contributed by atoms with Gasteiger partial charge in [-0.25, -0.2) is 0 Å². The molecule has 0 spiro atoms. The molecule has 2 aromatic carbocycles. The lowest BCUT2D eigenvalue weighted by Crippen LogP contribution is -2.23. The van der Waals surface area contributed by atoms with Gasteiger partial charge < -0.3 is 0 Å². The molecule has 21 heavy (non-hydrogen) atoms. The summed E-state index contributed by atoms with van der Waals surface area (Å²) < 4.78 is 26.8. The van der Waals surface area contributed by atoms with Gasteiger partial charge >= 0.3 is 0 Å². The maximum atomic E-state index is 12.1. The molecule has 0 aliphatic heterocycles. The standard InChI is InChI=1S/C16H16O4S/c1-12(20-21(2,18)19)16(17)15-10-8-14(9-11-15)13-6-4-3-5-7-13/h3-12H,1-2H3. The van der Waals surface area contributed by atoms with Gasteiger partial charge in [-0.1, -0.05) is 54.6 Å². The largest absolute Gasteiger partial charge is 0.291 e. The van der Waals surface area contributed by atoms with Gasteiger partial charge in [0.25, 0.3) is 10.1 Å². The molecule has 0 heterocycles. The summed E-state index contributed by atoms with van der Waals surface area (Å²) in [6, 6.07) is 16.8. The molecule has 5 heteroatoms. The number of benzene rings is 2. The Bertz CT molecular complexity index is 719. The van der Waals surface area contributed by atoms with Crippen LogP contribution in [0, 0.1) is 0 Å². The molecule has 0 fully saturated rings. The molecule has 110 valence electrons. The van der Waals surface area contributed by atoms with Crippen LogP contribution in [0.4, 0.5) is 0 Å². The van der Waals surface area contributed by atoms with Crippen molar-refractivity contribution in [2.45, 2.75) is 13.0 Å². The van der Waals surface area contributed by atoms with Crippen LogP contribution in [0.1, 0.15) is 17.3 Å². The first-order chi connectivity index (χ1) is 9.87. The second-order valence-electron chi connectivity index (χ2n) is 4.75. The molecule has 0 bridgehead atoms. The van der Waals surface area contributed by atoms with E-state index in [1.54, 1.807) is 12.1 Å². The summed E-state index contributed by atoms with van der Waals surface area (Å²) in [5, 5.41) is 0. The lowest BCUT2D eigenvalue weighted by molar-refractivity contribution is 0.0827. The van der Waals surface area contributed by atoms with Crippen molar-refractivity contribution in [1.29, 1.82) is 0 Å². The highest BCUT2D eigenvalue weighted by molar-refractivity contribution is 7.86. The maximum absolute atomic E-state index is 12.1. The van der Waals surface area contributed by atoms with E-state index in [-0.39, 0.29) is 5.78 Å². The minimum absolute atomic E-state index is 0.361. The Morgan fingerprint density at radius 3 is 2.00 bits per heavy atom. The predicted octanol–water partition coefficient (Wildman–Crippen LogP) is 2.90. The summed E-state index contributed by atoms with van der Waals surface area (Å²) in [5.74, 6) is -0.361. The third kappa shape index (κ3) is 4.24. The first kappa shape index (κ1) is 15.4. The molecule has 0 saturated carbocycles. The third-order valence-corrected chi connectivity index (χ3v) is 3.60. The average molecular weight is 304 g/mol. The first-order valence-corrected chi connectivity index (χ1v) is 8.26. The van der Waals surface area contributed by atoms with Crippen LogP contribution in [-0.4, -0.2) is 26.6 Å². The highest BCUT2D eigenvalue weighted by Gasteiger charge is 2.20. The smallest absolute Gasteiger partial charge is 0.265 e. The van der Waals surface area contributed by atoms with Crippen molar-refractivity contribution in [2.24, 2.45) is 0 Å². The van der Waals surface area contributed by atoms with E-state index < -0.39 is 16.2 Å². The molecule has 0 aliphatic rings. The molecule has 0 N–H and O–H groups in total. The van der Waals surface area contributed by atoms with Gasteiger partial charge in [-0.3, -0.25) is 8.98 Å². The van der Waals surface area contributed by atoms with Crippen LogP contribution in [0.25, 0.3) is 11.1 Å². The number of ketones is 1. The van der Waals surface area contributed by atoms with Crippen molar-refractivity contribution in [2.75, 3.05) is 6.26 Å². The number of hydrogen-bond acceptors (Lipinski definition) is 4. The Balaban J connectivity index is 2.17. The van der Waals surface area contributed by atoms with Gasteiger partial charge in [0.05, 0.1) is 6.26 Å². The Hall–Kier alpha value is -1.98. The summed E-state index contributed by atoms with van der Waals surface area (Å²) in [7, 11) is -3.65. The van der Waals surface area contributed by atoms with Gasteiger partial charge in [0.1, 0.15) is 6.10 Å². The number of carbonyl (C=O) groups is 1. The normalized spacial score (nSPS) is 12.9. The summed E-state index contributed by atoms with van der Waals surface area (Å²) in [4.78, 5) is 12.1. The number of Topliss-reactive ketones (excluding diaryl/α,β-unsaturated/α-hetero) is 1. The van der Waals surface area contributed by atoms with E-state index >= 15 is 0 Å². The fourth-order valence-corrected chi connectivity index (χ4v) is 2.61. The zero-order valence-electron chi connectivity index (χ0n) is 11.8. The van der Waals surface area contributed by atoms with Crippen LogP contribution in [0.5, 0.6) is 0 Å². The highest BCUT2D eigenvalue weighted by Crippen LogP contribution is 2.20. The van der Waals surface area contributed by atoms with Gasteiger partial charge in [0.2, 0.25) is 0 Å². The lowest BCUT2D eigenvalue weighted by atomic mass is 10.0. The van der Waals surface area contributed by atoms with Crippen molar-refractivity contribution in [1.82, 2.24) is 0 Å².